The molecular formula is C24H35NO9. The molecule has 190 valence electrons. The number of hydrogen-bond donors (Lipinski definition) is 3. The topological polar surface area (TPSA) is 141 Å². The first-order valence-electron chi connectivity index (χ1n) is 11.4. The lowest BCUT2D eigenvalue weighted by Gasteiger charge is -2.36. The molecule has 10 heteroatoms. The largest absolute Gasteiger partial charge is 0.469 e. The van der Waals surface area contributed by atoms with E-state index in [9.17, 15) is 24.6 Å². The molecular weight excluding hydrogens is 446 g/mol. The Hall–Kier alpha value is -2.53. The molecule has 0 bridgehead atoms. The van der Waals surface area contributed by atoms with Crippen molar-refractivity contribution in [3.8, 4) is 0 Å². The number of benzene rings is 1. The minimum Gasteiger partial charge on any atom is -0.469 e. The summed E-state index contributed by atoms with van der Waals surface area (Å²) in [5.41, 5.74) is 0.722. The second-order valence-electron chi connectivity index (χ2n) is 8.33. The standard InChI is InChI=1S/C24H35NO9/c1-15(32-24-19(27)13-18(26)16(2)33-24)9-11-23(30)34-20(17-7-5-4-6-8-17)14-25-21(28)10-12-22(29)31-3/h4-8,15-16,18-20,24,26-27H,9-14H2,1-3H3,(H,25,28)/t15-,16+,18-,19-,20+,24-/m1/s1. The highest BCUT2D eigenvalue weighted by atomic mass is 16.7. The van der Waals surface area contributed by atoms with Gasteiger partial charge in [0.15, 0.2) is 6.29 Å². The maximum atomic E-state index is 12.5. The van der Waals surface area contributed by atoms with Crippen molar-refractivity contribution in [1.82, 2.24) is 5.32 Å². The van der Waals surface area contributed by atoms with Crippen molar-refractivity contribution in [2.75, 3.05) is 13.7 Å². The average molecular weight is 482 g/mol. The van der Waals surface area contributed by atoms with Gasteiger partial charge in [0.05, 0.1) is 38.4 Å². The third-order valence-electron chi connectivity index (χ3n) is 5.52. The maximum absolute atomic E-state index is 12.5. The number of nitrogens with one attached hydrogen (secondary N) is 1. The van der Waals surface area contributed by atoms with Crippen molar-refractivity contribution in [1.29, 1.82) is 0 Å². The molecule has 1 fully saturated rings. The number of aliphatic hydroxyl groups is 2. The van der Waals surface area contributed by atoms with Crippen LogP contribution in [0.15, 0.2) is 30.3 Å². The Labute approximate surface area is 199 Å². The minimum absolute atomic E-state index is 0.0261. The predicted molar refractivity (Wildman–Crippen MR) is 120 cm³/mol. The number of amides is 1. The normalized spacial score (nSPS) is 24.0. The second kappa shape index (κ2) is 14.0. The van der Waals surface area contributed by atoms with Gasteiger partial charge in [-0.15, -0.1) is 0 Å². The predicted octanol–water partition coefficient (Wildman–Crippen LogP) is 1.38. The highest BCUT2D eigenvalue weighted by Crippen LogP contribution is 2.23. The third kappa shape index (κ3) is 9.38. The van der Waals surface area contributed by atoms with Crippen LogP contribution in [0.2, 0.25) is 0 Å². The monoisotopic (exact) mass is 481 g/mol. The Morgan fingerprint density at radius 2 is 1.79 bits per heavy atom. The van der Waals surface area contributed by atoms with E-state index in [4.69, 9.17) is 14.2 Å². The van der Waals surface area contributed by atoms with Gasteiger partial charge in [-0.2, -0.15) is 0 Å². The number of carbonyl (C=O) groups is 3. The summed E-state index contributed by atoms with van der Waals surface area (Å²) in [6, 6.07) is 9.03. The maximum Gasteiger partial charge on any atom is 0.306 e. The van der Waals surface area contributed by atoms with Gasteiger partial charge in [-0.25, -0.2) is 0 Å². The molecule has 1 saturated heterocycles. The van der Waals surface area contributed by atoms with Gasteiger partial charge in [-0.1, -0.05) is 30.3 Å². The lowest BCUT2D eigenvalue weighted by atomic mass is 10.0. The van der Waals surface area contributed by atoms with Gasteiger partial charge in [0.2, 0.25) is 5.91 Å². The molecule has 10 nitrogen and oxygen atoms in total. The molecule has 1 aliphatic heterocycles. The fraction of sp³-hybridized carbons (Fsp3) is 0.625. The summed E-state index contributed by atoms with van der Waals surface area (Å²) in [6.45, 7) is 3.52. The molecule has 0 aliphatic carbocycles. The number of esters is 2. The summed E-state index contributed by atoms with van der Waals surface area (Å²) in [4.78, 5) is 35.8. The summed E-state index contributed by atoms with van der Waals surface area (Å²) in [5, 5.41) is 22.5. The van der Waals surface area contributed by atoms with Crippen molar-refractivity contribution in [3.63, 3.8) is 0 Å². The lowest BCUT2D eigenvalue weighted by Crippen LogP contribution is -2.48. The first kappa shape index (κ1) is 27.7. The van der Waals surface area contributed by atoms with Gasteiger partial charge in [-0.05, 0) is 25.8 Å². The zero-order valence-electron chi connectivity index (χ0n) is 19.8. The average Bonchev–Trinajstić information content (AvgIpc) is 2.82. The lowest BCUT2D eigenvalue weighted by molar-refractivity contribution is -0.273. The summed E-state index contributed by atoms with van der Waals surface area (Å²) >= 11 is 0. The quantitative estimate of drug-likeness (QED) is 0.378. The molecule has 0 spiro atoms. The van der Waals surface area contributed by atoms with Crippen molar-refractivity contribution in [3.05, 3.63) is 35.9 Å². The van der Waals surface area contributed by atoms with Crippen LogP contribution >= 0.6 is 0 Å². The van der Waals surface area contributed by atoms with Gasteiger partial charge >= 0.3 is 11.9 Å². The molecule has 3 N–H and O–H groups in total. The molecule has 1 aromatic rings. The molecule has 0 radical (unpaired) electrons. The van der Waals surface area contributed by atoms with E-state index in [0.29, 0.717) is 6.42 Å². The number of carbonyl (C=O) groups excluding carboxylic acids is 3. The van der Waals surface area contributed by atoms with E-state index in [0.717, 1.165) is 5.56 Å². The van der Waals surface area contributed by atoms with Gasteiger partial charge in [0.25, 0.3) is 0 Å². The number of methoxy groups -OCH3 is 1. The Bertz CT molecular complexity index is 788. The summed E-state index contributed by atoms with van der Waals surface area (Å²) in [5.74, 6) is -1.30. The van der Waals surface area contributed by atoms with Crippen molar-refractivity contribution in [2.45, 2.75) is 82.8 Å². The van der Waals surface area contributed by atoms with Crippen LogP contribution in [0.1, 0.15) is 57.6 Å². The molecule has 34 heavy (non-hydrogen) atoms. The highest BCUT2D eigenvalue weighted by molar-refractivity contribution is 5.81. The smallest absolute Gasteiger partial charge is 0.306 e. The van der Waals surface area contributed by atoms with Crippen molar-refractivity contribution in [2.24, 2.45) is 0 Å². The Kier molecular flexibility index (Phi) is 11.4. The number of rotatable bonds is 12. The summed E-state index contributed by atoms with van der Waals surface area (Å²) < 4.78 is 21.3. The summed E-state index contributed by atoms with van der Waals surface area (Å²) in [6.07, 6.45) is -3.65. The van der Waals surface area contributed by atoms with Crippen LogP contribution in [0.4, 0.5) is 0 Å². The molecule has 0 saturated carbocycles. The van der Waals surface area contributed by atoms with Gasteiger partial charge < -0.3 is 34.5 Å². The van der Waals surface area contributed by atoms with Crippen LogP contribution in [0.3, 0.4) is 0 Å². The van der Waals surface area contributed by atoms with Crippen LogP contribution in [-0.2, 0) is 33.3 Å². The Morgan fingerprint density at radius 1 is 1.09 bits per heavy atom. The van der Waals surface area contributed by atoms with E-state index < -0.39 is 48.7 Å². The zero-order valence-corrected chi connectivity index (χ0v) is 19.8. The molecule has 2 rings (SSSR count). The summed E-state index contributed by atoms with van der Waals surface area (Å²) in [7, 11) is 1.26. The van der Waals surface area contributed by atoms with Crippen molar-refractivity contribution < 1.29 is 43.5 Å². The van der Waals surface area contributed by atoms with E-state index in [1.165, 1.54) is 7.11 Å². The van der Waals surface area contributed by atoms with Crippen LogP contribution in [0, 0.1) is 0 Å². The fourth-order valence-electron chi connectivity index (χ4n) is 3.41. The zero-order chi connectivity index (χ0) is 25.1. The van der Waals surface area contributed by atoms with E-state index in [2.05, 4.69) is 10.1 Å². The Balaban J connectivity index is 1.83. The van der Waals surface area contributed by atoms with Crippen LogP contribution < -0.4 is 5.32 Å². The molecule has 1 aromatic carbocycles. The second-order valence-corrected chi connectivity index (χ2v) is 8.33. The number of ether oxygens (including phenoxy) is 4. The van der Waals surface area contributed by atoms with E-state index in [1.54, 1.807) is 38.1 Å². The Morgan fingerprint density at radius 3 is 2.47 bits per heavy atom. The fourth-order valence-corrected chi connectivity index (χ4v) is 3.41. The SMILES string of the molecule is COC(=O)CCC(=O)NC[C@H](OC(=O)CC[C@@H](C)O[C@@H]1O[C@@H](C)[C@H](O)C[C@H]1O)c1ccccc1. The van der Waals surface area contributed by atoms with E-state index in [-0.39, 0.29) is 38.1 Å². The molecule has 0 unspecified atom stereocenters. The van der Waals surface area contributed by atoms with E-state index >= 15 is 0 Å². The first-order valence-corrected chi connectivity index (χ1v) is 11.4. The molecule has 0 aromatic heterocycles. The van der Waals surface area contributed by atoms with E-state index in [1.807, 2.05) is 6.07 Å². The van der Waals surface area contributed by atoms with Crippen molar-refractivity contribution >= 4 is 17.8 Å². The molecule has 1 amide bonds. The van der Waals surface area contributed by atoms with Crippen LogP contribution in [0.5, 0.6) is 0 Å². The van der Waals surface area contributed by atoms with Gasteiger partial charge in [0.1, 0.15) is 12.2 Å². The van der Waals surface area contributed by atoms with Gasteiger partial charge in [0, 0.05) is 19.3 Å². The number of aliphatic hydroxyl groups excluding tert-OH is 2. The van der Waals surface area contributed by atoms with Crippen LogP contribution in [0.25, 0.3) is 0 Å². The number of hydrogen-bond acceptors (Lipinski definition) is 9. The third-order valence-corrected chi connectivity index (χ3v) is 5.52. The molecule has 1 aliphatic rings. The van der Waals surface area contributed by atoms with Crippen LogP contribution in [-0.4, -0.2) is 72.4 Å². The molecule has 6 atom stereocenters. The first-order chi connectivity index (χ1) is 16.2. The highest BCUT2D eigenvalue weighted by Gasteiger charge is 2.35. The minimum atomic E-state index is -0.953. The molecule has 1 heterocycles. The van der Waals surface area contributed by atoms with Gasteiger partial charge in [-0.3, -0.25) is 14.4 Å².